The largest absolute Gasteiger partial charge is 0.423 e. The van der Waals surface area contributed by atoms with E-state index in [1.165, 1.54) is 11.6 Å². The maximum Gasteiger partial charge on any atom is 0.242 e. The Morgan fingerprint density at radius 1 is 1.09 bits per heavy atom. The number of amides is 1. The fraction of sp³-hybridized carbons (Fsp3) is 0.400. The van der Waals surface area contributed by atoms with Crippen LogP contribution >= 0.6 is 0 Å². The average Bonchev–Trinajstić information content (AvgIpc) is 3.27. The summed E-state index contributed by atoms with van der Waals surface area (Å²) in [5.74, 6) is 0.214. The summed E-state index contributed by atoms with van der Waals surface area (Å²) < 4.78 is 20.8. The smallest absolute Gasteiger partial charge is 0.242 e. The molecular weight excluding hydrogens is 407 g/mol. The predicted octanol–water partition coefficient (Wildman–Crippen LogP) is 4.49. The number of carbonyl (C=O) groups excluding carboxylic acids is 1. The molecule has 4 rings (SSSR count). The van der Waals surface area contributed by atoms with Gasteiger partial charge < -0.3 is 9.32 Å². The van der Waals surface area contributed by atoms with Gasteiger partial charge in [0.1, 0.15) is 11.4 Å². The van der Waals surface area contributed by atoms with Gasteiger partial charge in [0, 0.05) is 33.0 Å². The van der Waals surface area contributed by atoms with Gasteiger partial charge in [-0.2, -0.15) is 0 Å². The number of hydrogen-bond donors (Lipinski definition) is 0. The number of aromatic nitrogens is 2. The normalized spacial score (nSPS) is 16.1. The van der Waals surface area contributed by atoms with Crippen molar-refractivity contribution in [1.29, 1.82) is 0 Å². The second kappa shape index (κ2) is 9.61. The Labute approximate surface area is 188 Å². The molecule has 168 valence electrons. The zero-order valence-electron chi connectivity index (χ0n) is 18.6. The molecule has 0 N–H and O–H groups in total. The van der Waals surface area contributed by atoms with Crippen LogP contribution in [0.5, 0.6) is 0 Å². The standard InChI is InChI=1S/C25H29FN4O2/c1-3-23(31)30(22-12-8-7-11-21(22)26)25(24-28-27-19(2)32-24)14-17-29(18-15-25)16-13-20-9-5-4-6-10-20/h4-12H,3,13-18H2,1-2H3. The number of likely N-dealkylation sites (tertiary alicyclic amines) is 1. The minimum Gasteiger partial charge on any atom is -0.423 e. The van der Waals surface area contributed by atoms with Gasteiger partial charge in [0.25, 0.3) is 0 Å². The van der Waals surface area contributed by atoms with Gasteiger partial charge in [-0.3, -0.25) is 9.69 Å². The maximum atomic E-state index is 14.9. The van der Waals surface area contributed by atoms with Crippen molar-refractivity contribution >= 4 is 11.6 Å². The van der Waals surface area contributed by atoms with E-state index in [0.717, 1.165) is 26.1 Å². The molecule has 1 aliphatic rings. The first-order valence-corrected chi connectivity index (χ1v) is 11.2. The number of aryl methyl sites for hydroxylation is 1. The van der Waals surface area contributed by atoms with Crippen LogP contribution in [-0.2, 0) is 16.8 Å². The summed E-state index contributed by atoms with van der Waals surface area (Å²) in [6, 6.07) is 16.8. The highest BCUT2D eigenvalue weighted by atomic mass is 19.1. The number of nitrogens with zero attached hydrogens (tertiary/aromatic N) is 4. The number of carbonyl (C=O) groups is 1. The van der Waals surface area contributed by atoms with Crippen LogP contribution in [0.2, 0.25) is 0 Å². The second-order valence-electron chi connectivity index (χ2n) is 8.27. The van der Waals surface area contributed by atoms with Crippen molar-refractivity contribution in [2.45, 2.75) is 45.1 Å². The number of halogens is 1. The zero-order valence-corrected chi connectivity index (χ0v) is 18.6. The van der Waals surface area contributed by atoms with Gasteiger partial charge >= 0.3 is 0 Å². The number of para-hydroxylation sites is 1. The highest BCUT2D eigenvalue weighted by Crippen LogP contribution is 2.42. The van der Waals surface area contributed by atoms with Crippen molar-refractivity contribution in [2.24, 2.45) is 0 Å². The lowest BCUT2D eigenvalue weighted by Gasteiger charge is -2.46. The van der Waals surface area contributed by atoms with Crippen LogP contribution in [-0.4, -0.2) is 40.6 Å². The van der Waals surface area contributed by atoms with Crippen LogP contribution in [0, 0.1) is 12.7 Å². The van der Waals surface area contributed by atoms with E-state index in [-0.39, 0.29) is 18.0 Å². The van der Waals surface area contributed by atoms with Crippen LogP contribution in [0.25, 0.3) is 0 Å². The number of rotatable bonds is 7. The van der Waals surface area contributed by atoms with Gasteiger partial charge in [-0.05, 0) is 37.0 Å². The maximum absolute atomic E-state index is 14.9. The van der Waals surface area contributed by atoms with Gasteiger partial charge in [-0.1, -0.05) is 49.4 Å². The highest BCUT2D eigenvalue weighted by molar-refractivity contribution is 5.94. The summed E-state index contributed by atoms with van der Waals surface area (Å²) in [7, 11) is 0. The average molecular weight is 437 g/mol. The monoisotopic (exact) mass is 436 g/mol. The Balaban J connectivity index is 1.63. The third-order valence-electron chi connectivity index (χ3n) is 6.24. The number of anilines is 1. The van der Waals surface area contributed by atoms with E-state index in [1.807, 2.05) is 6.07 Å². The SMILES string of the molecule is CCC(=O)N(c1ccccc1F)C1(c2nnc(C)o2)CCN(CCc2ccccc2)CC1. The van der Waals surface area contributed by atoms with E-state index in [1.54, 1.807) is 36.9 Å². The molecule has 0 aliphatic carbocycles. The minimum absolute atomic E-state index is 0.163. The molecule has 0 bridgehead atoms. The van der Waals surface area contributed by atoms with E-state index in [4.69, 9.17) is 4.42 Å². The van der Waals surface area contributed by atoms with Crippen LogP contribution in [0.4, 0.5) is 10.1 Å². The Morgan fingerprint density at radius 3 is 2.41 bits per heavy atom. The molecule has 1 amide bonds. The first kappa shape index (κ1) is 22.1. The molecule has 3 aromatic rings. The molecular formula is C25H29FN4O2. The molecule has 0 atom stereocenters. The van der Waals surface area contributed by atoms with E-state index in [9.17, 15) is 9.18 Å². The van der Waals surface area contributed by atoms with Gasteiger partial charge in [0.2, 0.25) is 17.7 Å². The number of hydrogen-bond acceptors (Lipinski definition) is 5. The van der Waals surface area contributed by atoms with Crippen LogP contribution in [0.15, 0.2) is 59.0 Å². The molecule has 1 fully saturated rings. The summed E-state index contributed by atoms with van der Waals surface area (Å²) in [4.78, 5) is 17.1. The number of piperidine rings is 1. The second-order valence-corrected chi connectivity index (χ2v) is 8.27. The molecule has 0 spiro atoms. The molecule has 0 radical (unpaired) electrons. The fourth-order valence-electron chi connectivity index (χ4n) is 4.49. The molecule has 32 heavy (non-hydrogen) atoms. The van der Waals surface area contributed by atoms with Crippen molar-refractivity contribution in [1.82, 2.24) is 15.1 Å². The molecule has 0 saturated carbocycles. The van der Waals surface area contributed by atoms with Crippen LogP contribution in [0.3, 0.4) is 0 Å². The molecule has 0 unspecified atom stereocenters. The first-order chi connectivity index (χ1) is 15.5. The van der Waals surface area contributed by atoms with Crippen molar-refractivity contribution in [3.8, 4) is 0 Å². The summed E-state index contributed by atoms with van der Waals surface area (Å²) in [6.07, 6.45) is 2.38. The Kier molecular flexibility index (Phi) is 6.65. The van der Waals surface area contributed by atoms with Gasteiger partial charge in [0.15, 0.2) is 0 Å². The van der Waals surface area contributed by atoms with Gasteiger partial charge in [0.05, 0.1) is 5.69 Å². The summed E-state index contributed by atoms with van der Waals surface area (Å²) in [5, 5.41) is 8.33. The zero-order chi connectivity index (χ0) is 22.6. The highest BCUT2D eigenvalue weighted by Gasteiger charge is 2.48. The van der Waals surface area contributed by atoms with Crippen LogP contribution in [0.1, 0.15) is 43.5 Å². The Bertz CT molecular complexity index is 1040. The van der Waals surface area contributed by atoms with E-state index < -0.39 is 11.4 Å². The third kappa shape index (κ3) is 4.43. The molecule has 2 aromatic carbocycles. The molecule has 2 heterocycles. The number of benzene rings is 2. The lowest BCUT2D eigenvalue weighted by molar-refractivity contribution is -0.120. The van der Waals surface area contributed by atoms with Gasteiger partial charge in [-0.25, -0.2) is 4.39 Å². The molecule has 6 nitrogen and oxygen atoms in total. The molecule has 1 aromatic heterocycles. The molecule has 7 heteroatoms. The van der Waals surface area contributed by atoms with E-state index in [0.29, 0.717) is 24.6 Å². The Morgan fingerprint density at radius 2 is 1.78 bits per heavy atom. The molecule has 1 saturated heterocycles. The fourth-order valence-corrected chi connectivity index (χ4v) is 4.49. The van der Waals surface area contributed by atoms with E-state index in [2.05, 4.69) is 39.4 Å². The van der Waals surface area contributed by atoms with Crippen molar-refractivity contribution in [2.75, 3.05) is 24.5 Å². The van der Waals surface area contributed by atoms with Gasteiger partial charge in [-0.15, -0.1) is 10.2 Å². The van der Waals surface area contributed by atoms with E-state index >= 15 is 0 Å². The molecule has 1 aliphatic heterocycles. The minimum atomic E-state index is -0.875. The van der Waals surface area contributed by atoms with Crippen molar-refractivity contribution in [3.05, 3.63) is 77.8 Å². The first-order valence-electron chi connectivity index (χ1n) is 11.2. The van der Waals surface area contributed by atoms with Crippen LogP contribution < -0.4 is 4.90 Å². The summed E-state index contributed by atoms with van der Waals surface area (Å²) in [6.45, 7) is 5.93. The summed E-state index contributed by atoms with van der Waals surface area (Å²) in [5.41, 5.74) is 0.679. The predicted molar refractivity (Wildman–Crippen MR) is 121 cm³/mol. The lowest BCUT2D eigenvalue weighted by Crippen LogP contribution is -2.56. The topological polar surface area (TPSA) is 62.5 Å². The quantitative estimate of drug-likeness (QED) is 0.546. The Hall–Kier alpha value is -3.06. The van der Waals surface area contributed by atoms with Crippen molar-refractivity contribution in [3.63, 3.8) is 0 Å². The van der Waals surface area contributed by atoms with Crippen molar-refractivity contribution < 1.29 is 13.6 Å². The third-order valence-corrected chi connectivity index (χ3v) is 6.24. The summed E-state index contributed by atoms with van der Waals surface area (Å²) >= 11 is 0. The lowest BCUT2D eigenvalue weighted by atomic mass is 9.84.